The van der Waals surface area contributed by atoms with Gasteiger partial charge in [-0.25, -0.2) is 4.79 Å². The number of nitrogens with two attached hydrogens (primary N) is 1. The summed E-state index contributed by atoms with van der Waals surface area (Å²) in [5, 5.41) is 18.1. The largest absolute Gasteiger partial charge is 0.478 e. The van der Waals surface area contributed by atoms with Crippen LogP contribution in [0.3, 0.4) is 0 Å². The smallest absolute Gasteiger partial charge is 0.335 e. The van der Waals surface area contributed by atoms with Crippen LogP contribution in [-0.2, 0) is 0 Å². The lowest BCUT2D eigenvalue weighted by Crippen LogP contribution is -1.99. The Labute approximate surface area is 90.8 Å². The molecule has 2 aromatic rings. The van der Waals surface area contributed by atoms with Crippen LogP contribution < -0.4 is 5.73 Å². The van der Waals surface area contributed by atoms with Crippen LogP contribution in [0.25, 0.3) is 10.9 Å². The minimum absolute atomic E-state index is 0.121. The van der Waals surface area contributed by atoms with E-state index in [1.54, 1.807) is 6.07 Å². The van der Waals surface area contributed by atoms with Gasteiger partial charge in [0.1, 0.15) is 6.07 Å². The normalized spacial score (nSPS) is 9.94. The molecule has 0 amide bonds. The van der Waals surface area contributed by atoms with Crippen LogP contribution >= 0.6 is 0 Å². The second kappa shape index (κ2) is 3.51. The quantitative estimate of drug-likeness (QED) is 0.745. The van der Waals surface area contributed by atoms with E-state index in [1.165, 1.54) is 18.3 Å². The van der Waals surface area contributed by atoms with Crippen molar-refractivity contribution < 1.29 is 9.90 Å². The SMILES string of the molecule is N#Cc1cnc2ccc(C(=O)O)cc2c1N. The Kier molecular flexibility index (Phi) is 2.18. The monoisotopic (exact) mass is 213 g/mol. The molecule has 5 heteroatoms. The van der Waals surface area contributed by atoms with Crippen molar-refractivity contribution in [3.05, 3.63) is 35.5 Å². The number of carbonyl (C=O) groups is 1. The third-order valence-electron chi connectivity index (χ3n) is 2.28. The number of hydrogen-bond donors (Lipinski definition) is 2. The average Bonchev–Trinajstić information content (AvgIpc) is 2.29. The standard InChI is InChI=1S/C11H7N3O2/c12-4-7-5-14-9-2-1-6(11(15)16)3-8(9)10(7)13/h1-3,5H,(H2,13,14)(H,15,16). The molecular weight excluding hydrogens is 206 g/mol. The molecule has 0 saturated heterocycles. The summed E-state index contributed by atoms with van der Waals surface area (Å²) in [6.45, 7) is 0. The summed E-state index contributed by atoms with van der Waals surface area (Å²) < 4.78 is 0. The third kappa shape index (κ3) is 1.42. The van der Waals surface area contributed by atoms with E-state index in [0.717, 1.165) is 0 Å². The van der Waals surface area contributed by atoms with Gasteiger partial charge >= 0.3 is 5.97 Å². The van der Waals surface area contributed by atoms with Gasteiger partial charge in [0.15, 0.2) is 0 Å². The Hall–Kier alpha value is -2.61. The molecule has 16 heavy (non-hydrogen) atoms. The lowest BCUT2D eigenvalue weighted by atomic mass is 10.1. The molecule has 1 aromatic carbocycles. The first-order chi connectivity index (χ1) is 7.63. The maximum Gasteiger partial charge on any atom is 0.335 e. The topological polar surface area (TPSA) is 100 Å². The van der Waals surface area contributed by atoms with Gasteiger partial charge in [0.25, 0.3) is 0 Å². The molecule has 0 fully saturated rings. The Morgan fingerprint density at radius 2 is 2.25 bits per heavy atom. The highest BCUT2D eigenvalue weighted by atomic mass is 16.4. The second-order valence-corrected chi connectivity index (χ2v) is 3.23. The zero-order chi connectivity index (χ0) is 11.7. The molecule has 5 nitrogen and oxygen atoms in total. The molecule has 0 saturated carbocycles. The van der Waals surface area contributed by atoms with Gasteiger partial charge in [-0.15, -0.1) is 0 Å². The van der Waals surface area contributed by atoms with Crippen molar-refractivity contribution in [1.82, 2.24) is 4.98 Å². The summed E-state index contributed by atoms with van der Waals surface area (Å²) in [7, 11) is 0. The van der Waals surface area contributed by atoms with Crippen LogP contribution in [0, 0.1) is 11.3 Å². The number of nitriles is 1. The summed E-state index contributed by atoms with van der Waals surface area (Å²) in [5.41, 5.74) is 6.94. The van der Waals surface area contributed by atoms with E-state index in [4.69, 9.17) is 16.1 Å². The third-order valence-corrected chi connectivity index (χ3v) is 2.28. The molecule has 1 aromatic heterocycles. The fraction of sp³-hybridized carbons (Fsp3) is 0. The molecule has 0 radical (unpaired) electrons. The van der Waals surface area contributed by atoms with E-state index in [9.17, 15) is 4.79 Å². The van der Waals surface area contributed by atoms with Crippen LogP contribution in [0.5, 0.6) is 0 Å². The molecule has 0 unspecified atom stereocenters. The minimum Gasteiger partial charge on any atom is -0.478 e. The number of hydrogen-bond acceptors (Lipinski definition) is 4. The lowest BCUT2D eigenvalue weighted by Gasteiger charge is -2.03. The first-order valence-electron chi connectivity index (χ1n) is 4.45. The number of carboxylic acids is 1. The summed E-state index contributed by atoms with van der Waals surface area (Å²) in [4.78, 5) is 14.8. The maximum absolute atomic E-state index is 10.8. The number of nitrogens with zero attached hydrogens (tertiary/aromatic N) is 2. The second-order valence-electron chi connectivity index (χ2n) is 3.23. The van der Waals surface area contributed by atoms with Gasteiger partial charge in [-0.2, -0.15) is 5.26 Å². The first-order valence-corrected chi connectivity index (χ1v) is 4.45. The van der Waals surface area contributed by atoms with E-state index in [-0.39, 0.29) is 16.8 Å². The van der Waals surface area contributed by atoms with Crippen LogP contribution in [0.4, 0.5) is 5.69 Å². The highest BCUT2D eigenvalue weighted by molar-refractivity contribution is 5.98. The molecule has 0 bridgehead atoms. The molecule has 0 aliphatic carbocycles. The van der Waals surface area contributed by atoms with E-state index >= 15 is 0 Å². The van der Waals surface area contributed by atoms with E-state index in [0.29, 0.717) is 10.9 Å². The molecule has 0 atom stereocenters. The number of aromatic nitrogens is 1. The number of aromatic carboxylic acids is 1. The van der Waals surface area contributed by atoms with Crippen molar-refractivity contribution in [3.63, 3.8) is 0 Å². The van der Waals surface area contributed by atoms with E-state index < -0.39 is 5.97 Å². The van der Waals surface area contributed by atoms with Crippen LogP contribution in [0.1, 0.15) is 15.9 Å². The number of fused-ring (bicyclic) bond motifs is 1. The average molecular weight is 213 g/mol. The Bertz CT molecular complexity index is 629. The zero-order valence-corrected chi connectivity index (χ0v) is 8.14. The van der Waals surface area contributed by atoms with Gasteiger partial charge in [0, 0.05) is 11.6 Å². The van der Waals surface area contributed by atoms with Gasteiger partial charge < -0.3 is 10.8 Å². The number of anilines is 1. The van der Waals surface area contributed by atoms with Gasteiger partial charge in [-0.3, -0.25) is 4.98 Å². The molecular formula is C11H7N3O2. The first kappa shape index (κ1) is 9.93. The highest BCUT2D eigenvalue weighted by Gasteiger charge is 2.08. The van der Waals surface area contributed by atoms with Gasteiger partial charge in [0.05, 0.1) is 22.3 Å². The summed E-state index contributed by atoms with van der Waals surface area (Å²) in [6, 6.07) is 6.33. The minimum atomic E-state index is -1.04. The van der Waals surface area contributed by atoms with E-state index in [1.807, 2.05) is 6.07 Å². The predicted molar refractivity (Wildman–Crippen MR) is 57.8 cm³/mol. The van der Waals surface area contributed by atoms with Crippen molar-refractivity contribution in [2.75, 3.05) is 5.73 Å². The Morgan fingerprint density at radius 1 is 1.50 bits per heavy atom. The van der Waals surface area contributed by atoms with Crippen LogP contribution in [0.15, 0.2) is 24.4 Å². The van der Waals surface area contributed by atoms with Crippen molar-refractivity contribution in [3.8, 4) is 6.07 Å². The molecule has 0 aliphatic rings. The van der Waals surface area contributed by atoms with Crippen molar-refractivity contribution in [1.29, 1.82) is 5.26 Å². The van der Waals surface area contributed by atoms with Gasteiger partial charge in [-0.1, -0.05) is 0 Å². The lowest BCUT2D eigenvalue weighted by molar-refractivity contribution is 0.0697. The zero-order valence-electron chi connectivity index (χ0n) is 8.14. The fourth-order valence-electron chi connectivity index (χ4n) is 1.44. The number of benzene rings is 1. The summed E-state index contributed by atoms with van der Waals surface area (Å²) in [5.74, 6) is -1.04. The predicted octanol–water partition coefficient (Wildman–Crippen LogP) is 1.39. The summed E-state index contributed by atoms with van der Waals surface area (Å²) >= 11 is 0. The molecule has 0 spiro atoms. The molecule has 0 aliphatic heterocycles. The Balaban J connectivity index is 2.80. The summed E-state index contributed by atoms with van der Waals surface area (Å²) in [6.07, 6.45) is 1.37. The number of nitrogen functional groups attached to an aromatic ring is 1. The Morgan fingerprint density at radius 3 is 2.88 bits per heavy atom. The molecule has 3 N–H and O–H groups in total. The molecule has 78 valence electrons. The van der Waals surface area contributed by atoms with Crippen molar-refractivity contribution in [2.45, 2.75) is 0 Å². The highest BCUT2D eigenvalue weighted by Crippen LogP contribution is 2.23. The van der Waals surface area contributed by atoms with Gasteiger partial charge in [-0.05, 0) is 18.2 Å². The van der Waals surface area contributed by atoms with Crippen LogP contribution in [-0.4, -0.2) is 16.1 Å². The van der Waals surface area contributed by atoms with Crippen molar-refractivity contribution in [2.24, 2.45) is 0 Å². The van der Waals surface area contributed by atoms with Gasteiger partial charge in [0.2, 0.25) is 0 Å². The number of pyridine rings is 1. The number of rotatable bonds is 1. The fourth-order valence-corrected chi connectivity index (χ4v) is 1.44. The van der Waals surface area contributed by atoms with E-state index in [2.05, 4.69) is 4.98 Å². The molecule has 1 heterocycles. The molecule has 2 rings (SSSR count). The maximum atomic E-state index is 10.8. The van der Waals surface area contributed by atoms with Crippen molar-refractivity contribution >= 4 is 22.6 Å². The van der Waals surface area contributed by atoms with Crippen LogP contribution in [0.2, 0.25) is 0 Å². The number of carboxylic acid groups (broad SMARTS) is 1.